The summed E-state index contributed by atoms with van der Waals surface area (Å²) < 4.78 is 1.47. The summed E-state index contributed by atoms with van der Waals surface area (Å²) in [5.74, 6) is -0.210. The van der Waals surface area contributed by atoms with E-state index in [1.165, 1.54) is 34.1 Å². The molecule has 1 N–H and O–H groups in total. The van der Waals surface area contributed by atoms with Gasteiger partial charge in [0.1, 0.15) is 11.2 Å². The molecule has 0 radical (unpaired) electrons. The summed E-state index contributed by atoms with van der Waals surface area (Å²) in [5, 5.41) is 16.5. The molecule has 4 aromatic rings. The third kappa shape index (κ3) is 4.07. The van der Waals surface area contributed by atoms with E-state index in [0.717, 1.165) is 16.3 Å². The van der Waals surface area contributed by atoms with Crippen molar-refractivity contribution in [1.29, 1.82) is 0 Å². The van der Waals surface area contributed by atoms with Crippen molar-refractivity contribution < 1.29 is 4.79 Å². The topological polar surface area (TPSA) is 98.5 Å². The van der Waals surface area contributed by atoms with Gasteiger partial charge in [0, 0.05) is 22.0 Å². The van der Waals surface area contributed by atoms with Crippen molar-refractivity contribution in [2.24, 2.45) is 0 Å². The Hall–Kier alpha value is -3.11. The van der Waals surface area contributed by atoms with E-state index >= 15 is 0 Å². The summed E-state index contributed by atoms with van der Waals surface area (Å²) in [5.41, 5.74) is 3.22. The van der Waals surface area contributed by atoms with Gasteiger partial charge in [-0.25, -0.2) is 9.97 Å². The second-order valence-corrected chi connectivity index (χ2v) is 7.86. The number of nitrogens with zero attached hydrogens (tertiary/aromatic N) is 6. The lowest BCUT2D eigenvalue weighted by Crippen LogP contribution is -2.13. The first-order valence-electron chi connectivity index (χ1n) is 8.31. The number of rotatable bonds is 5. The Balaban J connectivity index is 1.46. The summed E-state index contributed by atoms with van der Waals surface area (Å²) in [4.78, 5) is 23.0. The maximum Gasteiger partial charge on any atom is 0.267 e. The molecule has 10 heteroatoms. The number of aromatic nitrogens is 6. The highest BCUT2D eigenvalue weighted by Gasteiger charge is 2.16. The zero-order valence-corrected chi connectivity index (χ0v) is 16.7. The number of tetrazole rings is 1. The first-order valence-corrected chi connectivity index (χ1v) is 10.0. The van der Waals surface area contributed by atoms with Crippen molar-refractivity contribution in [3.05, 3.63) is 64.4 Å². The van der Waals surface area contributed by atoms with Crippen molar-refractivity contribution in [1.82, 2.24) is 30.2 Å². The Kier molecular flexibility index (Phi) is 5.13. The molecule has 0 spiro atoms. The minimum atomic E-state index is -0.210. The van der Waals surface area contributed by atoms with Crippen LogP contribution in [0, 0.1) is 13.8 Å². The number of benzene rings is 1. The van der Waals surface area contributed by atoms with E-state index in [2.05, 4.69) is 30.8 Å². The Labute approximate surface area is 169 Å². The predicted octanol–water partition coefficient (Wildman–Crippen LogP) is 3.53. The molecule has 0 bridgehead atoms. The third-order valence-electron chi connectivity index (χ3n) is 3.73. The molecule has 1 aromatic carbocycles. The third-order valence-corrected chi connectivity index (χ3v) is 5.51. The van der Waals surface area contributed by atoms with Crippen molar-refractivity contribution in [3.8, 4) is 5.69 Å². The number of nitrogens with one attached hydrogen (secondary N) is 1. The zero-order chi connectivity index (χ0) is 19.5. The van der Waals surface area contributed by atoms with Gasteiger partial charge in [0.2, 0.25) is 0 Å². The second-order valence-electron chi connectivity index (χ2n) is 5.90. The molecular weight excluding hydrogens is 394 g/mol. The fourth-order valence-corrected chi connectivity index (χ4v) is 4.20. The maximum absolute atomic E-state index is 12.6. The molecule has 4 rings (SSSR count). The van der Waals surface area contributed by atoms with E-state index in [9.17, 15) is 4.79 Å². The number of hydrogen-bond acceptors (Lipinski definition) is 8. The van der Waals surface area contributed by atoms with Crippen LogP contribution in [0.5, 0.6) is 0 Å². The standard InChI is InChI=1S/C18H15N7OS2/c1-11-9-12(2)21-18(20-11)28-14-5-3-13(4-6-14)22-17(26)16-15(7-8-27-16)25-10-19-23-24-25/h3-10H,1-2H3,(H,22,26). The minimum absolute atomic E-state index is 0.210. The summed E-state index contributed by atoms with van der Waals surface area (Å²) in [7, 11) is 0. The van der Waals surface area contributed by atoms with Crippen molar-refractivity contribution in [3.63, 3.8) is 0 Å². The molecule has 0 aliphatic heterocycles. The number of amides is 1. The van der Waals surface area contributed by atoms with E-state index in [4.69, 9.17) is 0 Å². The molecule has 0 aliphatic rings. The lowest BCUT2D eigenvalue weighted by atomic mass is 10.3. The highest BCUT2D eigenvalue weighted by molar-refractivity contribution is 7.99. The van der Waals surface area contributed by atoms with Gasteiger partial charge in [0.15, 0.2) is 5.16 Å². The number of thiophene rings is 1. The highest BCUT2D eigenvalue weighted by Crippen LogP contribution is 2.27. The van der Waals surface area contributed by atoms with E-state index < -0.39 is 0 Å². The smallest absolute Gasteiger partial charge is 0.267 e. The molecule has 1 amide bonds. The molecule has 0 saturated carbocycles. The lowest BCUT2D eigenvalue weighted by molar-refractivity contribution is 0.103. The Morgan fingerprint density at radius 1 is 1.11 bits per heavy atom. The van der Waals surface area contributed by atoms with Gasteiger partial charge in [-0.05, 0) is 77.8 Å². The van der Waals surface area contributed by atoms with Crippen LogP contribution in [0.4, 0.5) is 5.69 Å². The second kappa shape index (κ2) is 7.87. The van der Waals surface area contributed by atoms with Crippen LogP contribution in [0.2, 0.25) is 0 Å². The van der Waals surface area contributed by atoms with Gasteiger partial charge in [-0.2, -0.15) is 4.68 Å². The number of carbonyl (C=O) groups excluding carboxylic acids is 1. The van der Waals surface area contributed by atoms with Crippen LogP contribution >= 0.6 is 23.1 Å². The molecule has 8 nitrogen and oxygen atoms in total. The maximum atomic E-state index is 12.6. The van der Waals surface area contributed by atoms with Gasteiger partial charge < -0.3 is 5.32 Å². The van der Waals surface area contributed by atoms with Crippen LogP contribution in [0.1, 0.15) is 21.1 Å². The molecule has 140 valence electrons. The summed E-state index contributed by atoms with van der Waals surface area (Å²) in [6, 6.07) is 11.3. The lowest BCUT2D eigenvalue weighted by Gasteiger charge is -2.07. The van der Waals surface area contributed by atoms with Gasteiger partial charge in [-0.1, -0.05) is 0 Å². The van der Waals surface area contributed by atoms with Gasteiger partial charge in [-0.15, -0.1) is 16.4 Å². The van der Waals surface area contributed by atoms with E-state index in [0.29, 0.717) is 21.4 Å². The van der Waals surface area contributed by atoms with Crippen molar-refractivity contribution in [2.45, 2.75) is 23.9 Å². The van der Waals surface area contributed by atoms with Crippen LogP contribution in [0.15, 0.2) is 58.2 Å². The molecule has 3 heterocycles. The highest BCUT2D eigenvalue weighted by atomic mass is 32.2. The van der Waals surface area contributed by atoms with Gasteiger partial charge in [0.05, 0.1) is 5.69 Å². The molecule has 0 fully saturated rings. The zero-order valence-electron chi connectivity index (χ0n) is 15.0. The Morgan fingerprint density at radius 3 is 2.54 bits per heavy atom. The first-order chi connectivity index (χ1) is 13.6. The first kappa shape index (κ1) is 18.3. The Morgan fingerprint density at radius 2 is 1.86 bits per heavy atom. The van der Waals surface area contributed by atoms with E-state index in [1.54, 1.807) is 6.07 Å². The average molecular weight is 410 g/mol. The minimum Gasteiger partial charge on any atom is -0.321 e. The van der Waals surface area contributed by atoms with E-state index in [1.807, 2.05) is 49.6 Å². The molecule has 0 aliphatic carbocycles. The van der Waals surface area contributed by atoms with Crippen molar-refractivity contribution >= 4 is 34.7 Å². The number of anilines is 1. The molecule has 28 heavy (non-hydrogen) atoms. The largest absolute Gasteiger partial charge is 0.321 e. The van der Waals surface area contributed by atoms with Gasteiger partial charge in [0.25, 0.3) is 5.91 Å². The summed E-state index contributed by atoms with van der Waals surface area (Å²) in [6.45, 7) is 3.90. The normalized spacial score (nSPS) is 10.8. The monoisotopic (exact) mass is 409 g/mol. The van der Waals surface area contributed by atoms with Gasteiger partial charge in [-0.3, -0.25) is 4.79 Å². The Bertz CT molecular complexity index is 1090. The van der Waals surface area contributed by atoms with Crippen LogP contribution in [0.3, 0.4) is 0 Å². The van der Waals surface area contributed by atoms with Crippen LogP contribution < -0.4 is 5.32 Å². The number of hydrogen-bond donors (Lipinski definition) is 1. The molecule has 0 atom stereocenters. The van der Waals surface area contributed by atoms with Crippen molar-refractivity contribution in [2.75, 3.05) is 5.32 Å². The number of carbonyl (C=O) groups is 1. The molecular formula is C18H15N7OS2. The molecule has 0 saturated heterocycles. The van der Waals surface area contributed by atoms with Crippen LogP contribution in [-0.4, -0.2) is 36.1 Å². The predicted molar refractivity (Wildman–Crippen MR) is 107 cm³/mol. The van der Waals surface area contributed by atoms with E-state index in [-0.39, 0.29) is 5.91 Å². The van der Waals surface area contributed by atoms with Crippen LogP contribution in [-0.2, 0) is 0 Å². The summed E-state index contributed by atoms with van der Waals surface area (Å²) >= 11 is 2.82. The van der Waals surface area contributed by atoms with Gasteiger partial charge >= 0.3 is 0 Å². The quantitative estimate of drug-likeness (QED) is 0.503. The molecule has 3 aromatic heterocycles. The fourth-order valence-electron chi connectivity index (χ4n) is 2.56. The summed E-state index contributed by atoms with van der Waals surface area (Å²) in [6.07, 6.45) is 1.46. The average Bonchev–Trinajstić information content (AvgIpc) is 3.34. The molecule has 0 unspecified atom stereocenters. The fraction of sp³-hybridized carbons (Fsp3) is 0.111. The SMILES string of the molecule is Cc1cc(C)nc(Sc2ccc(NC(=O)c3sccc3-n3cnnn3)cc2)n1. The number of aryl methyl sites for hydroxylation is 2. The van der Waals surface area contributed by atoms with Crippen LogP contribution in [0.25, 0.3) is 5.69 Å².